The number of imidazole rings is 1. The third-order valence-electron chi connectivity index (χ3n) is 7.41. The summed E-state index contributed by atoms with van der Waals surface area (Å²) >= 11 is 0. The maximum absolute atomic E-state index is 14.2. The van der Waals surface area contributed by atoms with E-state index in [0.29, 0.717) is 30.1 Å². The fourth-order valence-electron chi connectivity index (χ4n) is 4.98. The second-order valence-corrected chi connectivity index (χ2v) is 10.5. The van der Waals surface area contributed by atoms with Gasteiger partial charge in [0.25, 0.3) is 0 Å². The molecule has 0 spiro atoms. The summed E-state index contributed by atoms with van der Waals surface area (Å²) in [5.74, 6) is 1.64. The summed E-state index contributed by atoms with van der Waals surface area (Å²) in [6, 6.07) is 7.04. The van der Waals surface area contributed by atoms with Crippen LogP contribution in [0.1, 0.15) is 56.7 Å². The minimum absolute atomic E-state index is 0.0473. The molecule has 1 atom stereocenters. The SMILES string of the molecule is CC(C)C1CN(C)C(=O)N1c1ccnc(NC2(c3cn(-c4cc(F)cc(C5CC5)c4)cn3)CC2)n1. The number of nitrogens with one attached hydrogen (secondary N) is 1. The van der Waals surface area contributed by atoms with Crippen LogP contribution in [0.25, 0.3) is 5.69 Å². The fourth-order valence-corrected chi connectivity index (χ4v) is 4.98. The van der Waals surface area contributed by atoms with Gasteiger partial charge in [0.05, 0.1) is 23.6 Å². The number of aromatic nitrogens is 4. The molecule has 1 unspecified atom stereocenters. The van der Waals surface area contributed by atoms with Gasteiger partial charge in [0.15, 0.2) is 0 Å². The van der Waals surface area contributed by atoms with Gasteiger partial charge >= 0.3 is 6.03 Å². The Bertz CT molecular complexity index is 1280. The Hall–Kier alpha value is -3.49. The average molecular weight is 476 g/mol. The zero-order valence-corrected chi connectivity index (χ0v) is 20.3. The Labute approximate surface area is 204 Å². The van der Waals surface area contributed by atoms with Crippen molar-refractivity contribution in [2.75, 3.05) is 23.8 Å². The van der Waals surface area contributed by atoms with Crippen LogP contribution in [0, 0.1) is 11.7 Å². The zero-order chi connectivity index (χ0) is 24.3. The van der Waals surface area contributed by atoms with E-state index in [4.69, 9.17) is 4.98 Å². The first-order valence-corrected chi connectivity index (χ1v) is 12.3. The van der Waals surface area contributed by atoms with Gasteiger partial charge in [-0.1, -0.05) is 13.8 Å². The van der Waals surface area contributed by atoms with E-state index in [1.165, 1.54) is 0 Å². The maximum atomic E-state index is 14.2. The molecule has 3 aliphatic rings. The number of likely N-dealkylation sites (N-methyl/N-ethyl adjacent to an activating group) is 1. The molecule has 1 aliphatic heterocycles. The summed E-state index contributed by atoms with van der Waals surface area (Å²) in [6.07, 6.45) is 9.44. The molecular weight excluding hydrogens is 445 g/mol. The van der Waals surface area contributed by atoms with Gasteiger partial charge in [0.1, 0.15) is 11.6 Å². The van der Waals surface area contributed by atoms with Crippen molar-refractivity contribution in [3.63, 3.8) is 0 Å². The van der Waals surface area contributed by atoms with Crippen LogP contribution in [-0.2, 0) is 5.54 Å². The van der Waals surface area contributed by atoms with Gasteiger partial charge in [0, 0.05) is 31.7 Å². The molecule has 8 nitrogen and oxygen atoms in total. The van der Waals surface area contributed by atoms with E-state index in [2.05, 4.69) is 35.2 Å². The van der Waals surface area contributed by atoms with Crippen LogP contribution in [0.4, 0.5) is 21.0 Å². The molecule has 6 rings (SSSR count). The smallest absolute Gasteiger partial charge is 0.325 e. The van der Waals surface area contributed by atoms with Crippen LogP contribution in [0.2, 0.25) is 0 Å². The third kappa shape index (κ3) is 4.02. The van der Waals surface area contributed by atoms with Gasteiger partial charge in [-0.3, -0.25) is 4.90 Å². The van der Waals surface area contributed by atoms with Gasteiger partial charge < -0.3 is 14.8 Å². The predicted octanol–water partition coefficient (Wildman–Crippen LogP) is 4.68. The van der Waals surface area contributed by atoms with Crippen molar-refractivity contribution >= 4 is 17.8 Å². The van der Waals surface area contributed by atoms with Crippen molar-refractivity contribution in [3.8, 4) is 5.69 Å². The van der Waals surface area contributed by atoms with Gasteiger partial charge in [-0.2, -0.15) is 4.98 Å². The first-order chi connectivity index (χ1) is 16.8. The van der Waals surface area contributed by atoms with E-state index in [0.717, 1.165) is 42.6 Å². The van der Waals surface area contributed by atoms with E-state index >= 15 is 0 Å². The van der Waals surface area contributed by atoms with E-state index in [9.17, 15) is 9.18 Å². The maximum Gasteiger partial charge on any atom is 0.325 e. The molecule has 2 aliphatic carbocycles. The Morgan fingerprint density at radius 2 is 1.97 bits per heavy atom. The zero-order valence-electron chi connectivity index (χ0n) is 20.3. The van der Waals surface area contributed by atoms with Crippen molar-refractivity contribution in [2.45, 2.75) is 57.0 Å². The van der Waals surface area contributed by atoms with Crippen molar-refractivity contribution < 1.29 is 9.18 Å². The fraction of sp³-hybridized carbons (Fsp3) is 0.462. The molecule has 2 saturated carbocycles. The molecule has 182 valence electrons. The molecule has 0 bridgehead atoms. The molecule has 0 radical (unpaired) electrons. The highest BCUT2D eigenvalue weighted by molar-refractivity contribution is 5.94. The highest BCUT2D eigenvalue weighted by Crippen LogP contribution is 2.47. The molecule has 1 aromatic carbocycles. The molecule has 35 heavy (non-hydrogen) atoms. The number of hydrogen-bond acceptors (Lipinski definition) is 5. The van der Waals surface area contributed by atoms with Gasteiger partial charge in [0.2, 0.25) is 5.95 Å². The lowest BCUT2D eigenvalue weighted by atomic mass is 10.0. The summed E-state index contributed by atoms with van der Waals surface area (Å²) in [4.78, 5) is 30.1. The Morgan fingerprint density at radius 3 is 2.69 bits per heavy atom. The summed E-state index contributed by atoms with van der Waals surface area (Å²) in [6.45, 7) is 4.91. The second kappa shape index (κ2) is 8.03. The van der Waals surface area contributed by atoms with Crippen LogP contribution in [0.15, 0.2) is 43.0 Å². The number of benzene rings is 1. The number of carbonyl (C=O) groups excluding carboxylic acids is 1. The van der Waals surface area contributed by atoms with Crippen LogP contribution >= 0.6 is 0 Å². The first-order valence-electron chi connectivity index (χ1n) is 12.3. The van der Waals surface area contributed by atoms with Crippen LogP contribution in [-0.4, -0.2) is 50.1 Å². The average Bonchev–Trinajstić information content (AvgIpc) is 3.75. The number of amides is 2. The molecule has 1 saturated heterocycles. The molecule has 3 heterocycles. The summed E-state index contributed by atoms with van der Waals surface area (Å²) in [5, 5.41) is 3.47. The lowest BCUT2D eigenvalue weighted by Crippen LogP contribution is -2.38. The topological polar surface area (TPSA) is 79.2 Å². The molecule has 3 aromatic rings. The number of carbonyl (C=O) groups is 1. The van der Waals surface area contributed by atoms with Crippen molar-refractivity contribution in [1.29, 1.82) is 0 Å². The summed E-state index contributed by atoms with van der Waals surface area (Å²) in [5.41, 5.74) is 2.36. The van der Waals surface area contributed by atoms with Crippen LogP contribution in [0.3, 0.4) is 0 Å². The molecule has 1 N–H and O–H groups in total. The number of halogens is 1. The predicted molar refractivity (Wildman–Crippen MR) is 131 cm³/mol. The monoisotopic (exact) mass is 475 g/mol. The van der Waals surface area contributed by atoms with Gasteiger partial charge in [-0.15, -0.1) is 0 Å². The van der Waals surface area contributed by atoms with Crippen molar-refractivity contribution in [2.24, 2.45) is 5.92 Å². The Kier molecular flexibility index (Phi) is 5.05. The van der Waals surface area contributed by atoms with E-state index in [1.54, 1.807) is 40.5 Å². The molecule has 2 amide bonds. The van der Waals surface area contributed by atoms with E-state index < -0.39 is 0 Å². The highest BCUT2D eigenvalue weighted by atomic mass is 19.1. The molecule has 2 aromatic heterocycles. The van der Waals surface area contributed by atoms with E-state index in [-0.39, 0.29) is 23.4 Å². The first kappa shape index (κ1) is 22.0. The lowest BCUT2D eigenvalue weighted by Gasteiger charge is -2.25. The quantitative estimate of drug-likeness (QED) is 0.537. The minimum atomic E-state index is -0.361. The van der Waals surface area contributed by atoms with E-state index in [1.807, 2.05) is 17.8 Å². The number of urea groups is 1. The van der Waals surface area contributed by atoms with Crippen LogP contribution < -0.4 is 10.2 Å². The van der Waals surface area contributed by atoms with Crippen LogP contribution in [0.5, 0.6) is 0 Å². The number of nitrogens with zero attached hydrogens (tertiary/aromatic N) is 6. The standard InChI is InChI=1S/C26H30FN7O/c1-16(2)21-13-32(3)25(35)34(21)23-6-9-28-24(30-23)31-26(7-8-26)22-14-33(15-29-22)20-11-18(17-4-5-17)10-19(27)12-20/h6,9-12,14-17,21H,4-5,7-8,13H2,1-3H3,(H,28,30,31). The second-order valence-electron chi connectivity index (χ2n) is 10.5. The van der Waals surface area contributed by atoms with Gasteiger partial charge in [-0.05, 0) is 67.3 Å². The van der Waals surface area contributed by atoms with Crippen molar-refractivity contribution in [3.05, 3.63) is 60.1 Å². The number of hydrogen-bond donors (Lipinski definition) is 1. The highest BCUT2D eigenvalue weighted by Gasteiger charge is 2.47. The Balaban J connectivity index is 1.24. The van der Waals surface area contributed by atoms with Gasteiger partial charge in [-0.25, -0.2) is 19.2 Å². The summed E-state index contributed by atoms with van der Waals surface area (Å²) < 4.78 is 16.1. The third-order valence-corrected chi connectivity index (χ3v) is 7.41. The largest absolute Gasteiger partial charge is 0.343 e. The normalized spacial score (nSPS) is 21.2. The molecule has 9 heteroatoms. The summed E-state index contributed by atoms with van der Waals surface area (Å²) in [7, 11) is 1.82. The molecular formula is C26H30FN7O. The lowest BCUT2D eigenvalue weighted by molar-refractivity contribution is 0.229. The van der Waals surface area contributed by atoms with Crippen molar-refractivity contribution in [1.82, 2.24) is 24.4 Å². The number of anilines is 2. The number of rotatable bonds is 7. The Morgan fingerprint density at radius 1 is 1.17 bits per heavy atom. The minimum Gasteiger partial charge on any atom is -0.343 e. The molecule has 3 fully saturated rings.